The Labute approximate surface area is 172 Å². The van der Waals surface area contributed by atoms with Gasteiger partial charge in [-0.1, -0.05) is 0 Å². The quantitative estimate of drug-likeness (QED) is 0.675. The summed E-state index contributed by atoms with van der Waals surface area (Å²) in [4.78, 5) is 11.9. The lowest BCUT2D eigenvalue weighted by Crippen LogP contribution is -2.61. The topological polar surface area (TPSA) is 98.5 Å². The van der Waals surface area contributed by atoms with Gasteiger partial charge in [-0.25, -0.2) is 13.8 Å². The highest BCUT2D eigenvalue weighted by Gasteiger charge is 2.40. The second-order valence-corrected chi connectivity index (χ2v) is 7.19. The van der Waals surface area contributed by atoms with Crippen molar-refractivity contribution in [1.82, 2.24) is 14.5 Å². The average Bonchev–Trinajstić information content (AvgIpc) is 3.13. The van der Waals surface area contributed by atoms with Crippen LogP contribution in [0, 0.1) is 11.6 Å². The molecule has 2 aromatic heterocycles. The Balaban J connectivity index is 1.86. The molecule has 0 radical (unpaired) electrons. The molecule has 1 aliphatic heterocycles. The van der Waals surface area contributed by atoms with Crippen LogP contribution < -0.4 is 26.0 Å². The van der Waals surface area contributed by atoms with E-state index < -0.39 is 30.1 Å². The second kappa shape index (κ2) is 7.54. The molecule has 0 bridgehead atoms. The van der Waals surface area contributed by atoms with Crippen molar-refractivity contribution in [2.24, 2.45) is 18.5 Å². The third-order valence-electron chi connectivity index (χ3n) is 5.31. The van der Waals surface area contributed by atoms with E-state index in [1.54, 1.807) is 47.0 Å². The number of anilines is 2. The molecule has 0 fully saturated rings. The number of fused-ring (bicyclic) bond motifs is 1. The van der Waals surface area contributed by atoms with E-state index >= 15 is 0 Å². The summed E-state index contributed by atoms with van der Waals surface area (Å²) in [6.45, 7) is 1.75. The molecule has 158 valence electrons. The predicted octanol–water partition coefficient (Wildman–Crippen LogP) is 2.39. The molecule has 0 saturated carbocycles. The summed E-state index contributed by atoms with van der Waals surface area (Å²) < 4.78 is 35.1. The monoisotopic (exact) mass is 415 g/mol. The van der Waals surface area contributed by atoms with Crippen molar-refractivity contribution in [1.29, 1.82) is 0 Å². The van der Waals surface area contributed by atoms with Crippen LogP contribution in [-0.4, -0.2) is 27.9 Å². The van der Waals surface area contributed by atoms with Crippen LogP contribution in [0.5, 0.6) is 5.75 Å². The van der Waals surface area contributed by atoms with Crippen molar-refractivity contribution in [2.45, 2.75) is 25.4 Å². The number of nitrogens with zero attached hydrogens (tertiary/aromatic N) is 5. The lowest BCUT2D eigenvalue weighted by Gasteiger charge is -2.49. The highest BCUT2D eigenvalue weighted by atomic mass is 19.1. The number of halogens is 2. The summed E-state index contributed by atoms with van der Waals surface area (Å²) in [6.07, 6.45) is 3.03. The summed E-state index contributed by atoms with van der Waals surface area (Å²) >= 11 is 0. The maximum absolute atomic E-state index is 14.5. The van der Waals surface area contributed by atoms with Gasteiger partial charge < -0.3 is 24.8 Å². The van der Waals surface area contributed by atoms with Gasteiger partial charge in [0.1, 0.15) is 23.5 Å². The van der Waals surface area contributed by atoms with E-state index in [2.05, 4.69) is 9.97 Å². The lowest BCUT2D eigenvalue weighted by molar-refractivity contribution is 0.407. The summed E-state index contributed by atoms with van der Waals surface area (Å²) in [5.74, 6) is -0.298. The third kappa shape index (κ3) is 3.23. The van der Waals surface area contributed by atoms with Crippen LogP contribution in [0.4, 0.5) is 20.3 Å². The fraction of sp³-hybridized carbons (Fsp3) is 0.300. The van der Waals surface area contributed by atoms with Gasteiger partial charge in [0, 0.05) is 30.6 Å². The minimum Gasteiger partial charge on any atom is -0.497 e. The number of rotatable bonds is 4. The summed E-state index contributed by atoms with van der Waals surface area (Å²) in [6, 6.07) is 5.61. The number of imidazole rings is 1. The Morgan fingerprint density at radius 2 is 1.93 bits per heavy atom. The second-order valence-electron chi connectivity index (χ2n) is 7.19. The van der Waals surface area contributed by atoms with Crippen molar-refractivity contribution >= 4 is 11.5 Å². The van der Waals surface area contributed by atoms with Crippen LogP contribution in [-0.2, 0) is 7.05 Å². The van der Waals surface area contributed by atoms with E-state index in [1.165, 1.54) is 0 Å². The van der Waals surface area contributed by atoms with Crippen molar-refractivity contribution in [2.75, 3.05) is 16.9 Å². The molecule has 3 atom stereocenters. The lowest BCUT2D eigenvalue weighted by atomic mass is 10.0. The number of hydrogen-bond acceptors (Lipinski definition) is 7. The number of ether oxygens (including phenoxy) is 1. The van der Waals surface area contributed by atoms with E-state index in [9.17, 15) is 8.78 Å². The Hall–Kier alpha value is -3.24. The van der Waals surface area contributed by atoms with Crippen LogP contribution in [0.15, 0.2) is 43.0 Å². The maximum atomic E-state index is 14.5. The van der Waals surface area contributed by atoms with Gasteiger partial charge in [-0.2, -0.15) is 0 Å². The number of aryl methyl sites for hydroxylation is 1. The summed E-state index contributed by atoms with van der Waals surface area (Å²) in [5.41, 5.74) is 14.7. The molecule has 1 aliphatic rings. The van der Waals surface area contributed by atoms with Gasteiger partial charge in [0.2, 0.25) is 0 Å². The molecule has 0 amide bonds. The Kier molecular flexibility index (Phi) is 5.04. The minimum absolute atomic E-state index is 0.0741. The zero-order valence-electron chi connectivity index (χ0n) is 16.8. The van der Waals surface area contributed by atoms with E-state index in [4.69, 9.17) is 16.2 Å². The third-order valence-corrected chi connectivity index (χ3v) is 5.31. The fourth-order valence-electron chi connectivity index (χ4n) is 3.83. The first-order valence-electron chi connectivity index (χ1n) is 9.36. The maximum Gasteiger partial charge on any atom is 0.158 e. The first kappa shape index (κ1) is 20.0. The fourth-order valence-corrected chi connectivity index (χ4v) is 3.83. The number of benzene rings is 1. The molecule has 3 heterocycles. The molecule has 10 heteroatoms. The predicted molar refractivity (Wildman–Crippen MR) is 109 cm³/mol. The Morgan fingerprint density at radius 3 is 2.57 bits per heavy atom. The number of pyridine rings is 1. The normalized spacial score (nSPS) is 19.6. The molecule has 0 aliphatic carbocycles. The SMILES string of the molecule is COc1ccc2c(c1)C(N)N(c1cn(C)cn1)C(N)N2[C@@H](C)c1ncc(F)cc1F. The smallest absolute Gasteiger partial charge is 0.158 e. The first-order valence-corrected chi connectivity index (χ1v) is 9.36. The van der Waals surface area contributed by atoms with E-state index in [1.807, 2.05) is 19.2 Å². The van der Waals surface area contributed by atoms with Crippen LogP contribution >= 0.6 is 0 Å². The van der Waals surface area contributed by atoms with Gasteiger partial charge in [0.05, 0.1) is 31.4 Å². The number of aromatic nitrogens is 3. The van der Waals surface area contributed by atoms with Crippen LogP contribution in [0.25, 0.3) is 0 Å². The van der Waals surface area contributed by atoms with E-state index in [0.29, 0.717) is 17.3 Å². The molecule has 4 N–H and O–H groups in total. The molecule has 0 spiro atoms. The molecule has 1 aromatic carbocycles. The van der Waals surface area contributed by atoms with Crippen molar-refractivity contribution in [3.63, 3.8) is 0 Å². The van der Waals surface area contributed by atoms with Crippen molar-refractivity contribution in [3.8, 4) is 5.75 Å². The summed E-state index contributed by atoms with van der Waals surface area (Å²) in [5, 5.41) is 0. The first-order chi connectivity index (χ1) is 14.3. The standard InChI is InChI=1S/C20H23F2N7O/c1-11(18-15(22)6-12(21)8-25-18)28-16-5-4-13(30-3)7-14(16)19(23)29(20(28)24)17-9-27(2)10-26-17/h4-11,19-20H,23-24H2,1-3H3/t11-,19?,20?/m0/s1. The number of hydrogen-bond donors (Lipinski definition) is 2. The number of nitrogens with two attached hydrogens (primary N) is 2. The molecule has 3 aromatic rings. The molecule has 30 heavy (non-hydrogen) atoms. The van der Waals surface area contributed by atoms with Gasteiger partial charge in [-0.3, -0.25) is 10.7 Å². The van der Waals surface area contributed by atoms with Crippen LogP contribution in [0.1, 0.15) is 30.4 Å². The van der Waals surface area contributed by atoms with Crippen molar-refractivity contribution < 1.29 is 13.5 Å². The zero-order valence-corrected chi connectivity index (χ0v) is 16.8. The van der Waals surface area contributed by atoms with Gasteiger partial charge in [0.25, 0.3) is 0 Å². The molecular formula is C20H23F2N7O. The average molecular weight is 415 g/mol. The van der Waals surface area contributed by atoms with Crippen LogP contribution in [0.3, 0.4) is 0 Å². The van der Waals surface area contributed by atoms with E-state index in [0.717, 1.165) is 17.8 Å². The molecule has 0 saturated heterocycles. The molecule has 2 unspecified atom stereocenters. The molecule has 4 rings (SSSR count). The van der Waals surface area contributed by atoms with Gasteiger partial charge >= 0.3 is 0 Å². The molecule has 8 nitrogen and oxygen atoms in total. The Morgan fingerprint density at radius 1 is 1.17 bits per heavy atom. The molecular weight excluding hydrogens is 392 g/mol. The minimum atomic E-state index is -0.781. The van der Waals surface area contributed by atoms with E-state index in [-0.39, 0.29) is 5.69 Å². The van der Waals surface area contributed by atoms with Gasteiger partial charge in [-0.15, -0.1) is 0 Å². The zero-order chi connectivity index (χ0) is 21.6. The largest absolute Gasteiger partial charge is 0.497 e. The van der Waals surface area contributed by atoms with Crippen LogP contribution in [0.2, 0.25) is 0 Å². The summed E-state index contributed by atoms with van der Waals surface area (Å²) in [7, 11) is 3.41. The van der Waals surface area contributed by atoms with Gasteiger partial charge in [-0.05, 0) is 25.1 Å². The van der Waals surface area contributed by atoms with Gasteiger partial charge in [0.15, 0.2) is 12.1 Å². The number of methoxy groups -OCH3 is 1. The highest BCUT2D eigenvalue weighted by molar-refractivity contribution is 5.65. The van der Waals surface area contributed by atoms with Crippen molar-refractivity contribution in [3.05, 3.63) is 65.9 Å². The Bertz CT molecular complexity index is 1070. The highest BCUT2D eigenvalue weighted by Crippen LogP contribution is 2.42.